The first-order chi connectivity index (χ1) is 9.42. The number of nitrogens with zero attached hydrogens (tertiary/aromatic N) is 1. The van der Waals surface area contributed by atoms with Crippen molar-refractivity contribution in [2.24, 2.45) is 0 Å². The topological polar surface area (TPSA) is 34.2 Å². The molecule has 19 heavy (non-hydrogen) atoms. The molecule has 3 nitrogen and oxygen atoms in total. The summed E-state index contributed by atoms with van der Waals surface area (Å²) in [7, 11) is 0. The highest BCUT2D eigenvalue weighted by Crippen LogP contribution is 2.20. The molecule has 0 atom stereocenters. The van der Waals surface area contributed by atoms with Crippen LogP contribution in [0.3, 0.4) is 0 Å². The van der Waals surface area contributed by atoms with Gasteiger partial charge in [-0.2, -0.15) is 0 Å². The van der Waals surface area contributed by atoms with Gasteiger partial charge in [0.15, 0.2) is 0 Å². The van der Waals surface area contributed by atoms with Gasteiger partial charge in [-0.1, -0.05) is 31.0 Å². The molecule has 0 amide bonds. The van der Waals surface area contributed by atoms with E-state index in [4.69, 9.17) is 4.74 Å². The van der Waals surface area contributed by atoms with Gasteiger partial charge in [-0.25, -0.2) is 4.98 Å². The molecule has 3 heteroatoms. The van der Waals surface area contributed by atoms with Crippen molar-refractivity contribution in [2.45, 2.75) is 31.8 Å². The summed E-state index contributed by atoms with van der Waals surface area (Å²) in [5.74, 6) is 0.925. The third kappa shape index (κ3) is 3.24. The summed E-state index contributed by atoms with van der Waals surface area (Å²) >= 11 is 0. The quantitative estimate of drug-likeness (QED) is 0.830. The molecule has 0 bridgehead atoms. The fourth-order valence-corrected chi connectivity index (χ4v) is 2.62. The minimum Gasteiger partial charge on any atom is -0.376 e. The maximum Gasteiger partial charge on any atom is 0.126 e. The zero-order valence-corrected chi connectivity index (χ0v) is 11.1. The largest absolute Gasteiger partial charge is 0.376 e. The van der Waals surface area contributed by atoms with Gasteiger partial charge in [0, 0.05) is 11.9 Å². The first kappa shape index (κ1) is 12.4. The Hall–Kier alpha value is -1.61. The maximum absolute atomic E-state index is 5.82. The highest BCUT2D eigenvalue weighted by Gasteiger charge is 2.14. The number of pyridine rings is 1. The zero-order valence-electron chi connectivity index (χ0n) is 11.1. The zero-order chi connectivity index (χ0) is 12.9. The average Bonchev–Trinajstić information content (AvgIpc) is 2.97. The molecule has 3 rings (SSSR count). The van der Waals surface area contributed by atoms with Gasteiger partial charge in [0.25, 0.3) is 0 Å². The summed E-state index contributed by atoms with van der Waals surface area (Å²) < 4.78 is 5.82. The van der Waals surface area contributed by atoms with E-state index >= 15 is 0 Å². The van der Waals surface area contributed by atoms with Crippen LogP contribution in [0.25, 0.3) is 10.9 Å². The van der Waals surface area contributed by atoms with Gasteiger partial charge in [0.2, 0.25) is 0 Å². The van der Waals surface area contributed by atoms with Crippen LogP contribution in [0.4, 0.5) is 5.82 Å². The molecule has 0 spiro atoms. The summed E-state index contributed by atoms with van der Waals surface area (Å²) in [5.41, 5.74) is 1.03. The van der Waals surface area contributed by atoms with Gasteiger partial charge < -0.3 is 10.1 Å². The Labute approximate surface area is 114 Å². The molecule has 0 aliphatic heterocycles. The van der Waals surface area contributed by atoms with E-state index in [-0.39, 0.29) is 0 Å². The van der Waals surface area contributed by atoms with E-state index in [1.807, 2.05) is 24.3 Å². The standard InChI is InChI=1S/C16H20N2O/c1-4-8-15-13(5-1)9-10-16(18-15)17-11-12-19-14-6-2-3-7-14/h1,4-5,8-10,14H,2-3,6-7,11-12H2,(H,17,18). The third-order valence-corrected chi connectivity index (χ3v) is 3.66. The number of hydrogen-bond donors (Lipinski definition) is 1. The minimum atomic E-state index is 0.492. The van der Waals surface area contributed by atoms with Crippen LogP contribution in [0.1, 0.15) is 25.7 Å². The summed E-state index contributed by atoms with van der Waals surface area (Å²) in [4.78, 5) is 4.58. The number of nitrogens with one attached hydrogen (secondary N) is 1. The first-order valence-corrected chi connectivity index (χ1v) is 7.13. The molecule has 1 saturated carbocycles. The van der Waals surface area contributed by atoms with Crippen molar-refractivity contribution >= 4 is 16.7 Å². The minimum absolute atomic E-state index is 0.492. The van der Waals surface area contributed by atoms with E-state index in [2.05, 4.69) is 22.4 Å². The lowest BCUT2D eigenvalue weighted by Gasteiger charge is -2.12. The predicted molar refractivity (Wildman–Crippen MR) is 78.4 cm³/mol. The number of hydrogen-bond acceptors (Lipinski definition) is 3. The fraction of sp³-hybridized carbons (Fsp3) is 0.438. The second-order valence-corrected chi connectivity index (χ2v) is 5.09. The number of para-hydroxylation sites is 1. The van der Waals surface area contributed by atoms with Crippen LogP contribution in [0.15, 0.2) is 36.4 Å². The Balaban J connectivity index is 1.50. The summed E-state index contributed by atoms with van der Waals surface area (Å²) in [6.45, 7) is 1.58. The van der Waals surface area contributed by atoms with Crippen LogP contribution in [-0.4, -0.2) is 24.2 Å². The van der Waals surface area contributed by atoms with Gasteiger partial charge in [-0.3, -0.25) is 0 Å². The molecule has 1 aromatic heterocycles. The van der Waals surface area contributed by atoms with Crippen molar-refractivity contribution in [3.8, 4) is 0 Å². The van der Waals surface area contributed by atoms with E-state index < -0.39 is 0 Å². The predicted octanol–water partition coefficient (Wildman–Crippen LogP) is 3.61. The molecule has 1 aromatic carbocycles. The number of aromatic nitrogens is 1. The molecule has 0 radical (unpaired) electrons. The van der Waals surface area contributed by atoms with Crippen LogP contribution in [0, 0.1) is 0 Å². The molecule has 1 aliphatic carbocycles. The average molecular weight is 256 g/mol. The smallest absolute Gasteiger partial charge is 0.126 e. The summed E-state index contributed by atoms with van der Waals surface area (Å²) in [5, 5.41) is 4.50. The fourth-order valence-electron chi connectivity index (χ4n) is 2.62. The van der Waals surface area contributed by atoms with E-state index in [9.17, 15) is 0 Å². The number of ether oxygens (including phenoxy) is 1. The Morgan fingerprint density at radius 3 is 2.84 bits per heavy atom. The van der Waals surface area contributed by atoms with Gasteiger partial charge in [-0.15, -0.1) is 0 Å². The molecule has 2 aromatic rings. The van der Waals surface area contributed by atoms with Crippen molar-refractivity contribution in [3.63, 3.8) is 0 Å². The Morgan fingerprint density at radius 2 is 1.95 bits per heavy atom. The van der Waals surface area contributed by atoms with Crippen molar-refractivity contribution in [3.05, 3.63) is 36.4 Å². The van der Waals surface area contributed by atoms with Crippen LogP contribution >= 0.6 is 0 Å². The molecule has 1 fully saturated rings. The number of fused-ring (bicyclic) bond motifs is 1. The van der Waals surface area contributed by atoms with Crippen LogP contribution in [0.5, 0.6) is 0 Å². The highest BCUT2D eigenvalue weighted by molar-refractivity contribution is 5.79. The van der Waals surface area contributed by atoms with Gasteiger partial charge in [0.1, 0.15) is 5.82 Å². The van der Waals surface area contributed by atoms with Gasteiger partial charge in [0.05, 0.1) is 18.2 Å². The van der Waals surface area contributed by atoms with Crippen molar-refractivity contribution in [1.82, 2.24) is 4.98 Å². The molecular formula is C16H20N2O. The second-order valence-electron chi connectivity index (χ2n) is 5.09. The Kier molecular flexibility index (Phi) is 3.94. The molecule has 1 heterocycles. The van der Waals surface area contributed by atoms with E-state index in [1.165, 1.54) is 31.1 Å². The first-order valence-electron chi connectivity index (χ1n) is 7.13. The lowest BCUT2D eigenvalue weighted by molar-refractivity contribution is 0.0659. The van der Waals surface area contributed by atoms with E-state index in [0.717, 1.165) is 24.5 Å². The highest BCUT2D eigenvalue weighted by atomic mass is 16.5. The van der Waals surface area contributed by atoms with Gasteiger partial charge >= 0.3 is 0 Å². The Morgan fingerprint density at radius 1 is 1.11 bits per heavy atom. The molecule has 100 valence electrons. The lowest BCUT2D eigenvalue weighted by Crippen LogP contribution is -2.15. The normalized spacial score (nSPS) is 16.0. The van der Waals surface area contributed by atoms with Gasteiger partial charge in [-0.05, 0) is 31.0 Å². The molecule has 0 unspecified atom stereocenters. The number of anilines is 1. The SMILES string of the molecule is c1ccc2nc(NCCOC3CCCC3)ccc2c1. The Bertz CT molecular complexity index is 535. The van der Waals surface area contributed by atoms with Crippen LogP contribution in [-0.2, 0) is 4.74 Å². The van der Waals surface area contributed by atoms with Crippen LogP contribution < -0.4 is 5.32 Å². The molecular weight excluding hydrogens is 236 g/mol. The molecule has 1 N–H and O–H groups in total. The monoisotopic (exact) mass is 256 g/mol. The van der Waals surface area contributed by atoms with Crippen LogP contribution in [0.2, 0.25) is 0 Å². The maximum atomic E-state index is 5.82. The van der Waals surface area contributed by atoms with Crippen molar-refractivity contribution in [1.29, 1.82) is 0 Å². The van der Waals surface area contributed by atoms with Crippen molar-refractivity contribution < 1.29 is 4.74 Å². The number of benzene rings is 1. The number of rotatable bonds is 5. The molecule has 1 aliphatic rings. The second kappa shape index (κ2) is 6.02. The third-order valence-electron chi connectivity index (χ3n) is 3.66. The molecule has 0 saturated heterocycles. The summed E-state index contributed by atoms with van der Waals surface area (Å²) in [6.07, 6.45) is 5.60. The van der Waals surface area contributed by atoms with E-state index in [0.29, 0.717) is 6.10 Å². The lowest BCUT2D eigenvalue weighted by atomic mass is 10.2. The van der Waals surface area contributed by atoms with E-state index in [1.54, 1.807) is 0 Å². The van der Waals surface area contributed by atoms with Crippen molar-refractivity contribution in [2.75, 3.05) is 18.5 Å². The summed E-state index contributed by atoms with van der Waals surface area (Å²) in [6, 6.07) is 12.3.